The first kappa shape index (κ1) is 27.1. The summed E-state index contributed by atoms with van der Waals surface area (Å²) in [5.74, 6) is 0. The molecule has 0 saturated carbocycles. The maximum atomic E-state index is 6.39. The van der Waals surface area contributed by atoms with Crippen molar-refractivity contribution in [1.29, 1.82) is 0 Å². The molecule has 0 aliphatic carbocycles. The van der Waals surface area contributed by atoms with Gasteiger partial charge in [-0.1, -0.05) is 66.7 Å². The lowest BCUT2D eigenvalue weighted by Crippen LogP contribution is -2.10. The number of fused-ring (bicyclic) bond motifs is 11. The Balaban J connectivity index is 1.08. The molecule has 0 spiro atoms. The molecule has 5 heteroatoms. The van der Waals surface area contributed by atoms with Gasteiger partial charge >= 0.3 is 0 Å². The van der Waals surface area contributed by atoms with E-state index in [0.29, 0.717) is 0 Å². The van der Waals surface area contributed by atoms with Crippen LogP contribution in [-0.2, 0) is 0 Å². The number of aromatic nitrogens is 2. The minimum Gasteiger partial charge on any atom is -0.455 e. The average Bonchev–Trinajstić information content (AvgIpc) is 3.89. The molecule has 0 bridgehead atoms. The van der Waals surface area contributed by atoms with Crippen LogP contribution < -0.4 is 4.90 Å². The van der Waals surface area contributed by atoms with Gasteiger partial charge in [-0.2, -0.15) is 0 Å². The monoisotopic (exact) mass is 641 g/mol. The summed E-state index contributed by atoms with van der Waals surface area (Å²) >= 11 is 0. The van der Waals surface area contributed by atoms with Crippen molar-refractivity contribution >= 4 is 88.1 Å². The summed E-state index contributed by atoms with van der Waals surface area (Å²) in [7, 11) is 0. The zero-order valence-electron chi connectivity index (χ0n) is 26.7. The number of para-hydroxylation sites is 2. The Morgan fingerprint density at radius 3 is 1.60 bits per heavy atom. The molecule has 0 aliphatic heterocycles. The minimum atomic E-state index is 0.904. The quantitative estimate of drug-likeness (QED) is 0.192. The summed E-state index contributed by atoms with van der Waals surface area (Å²) in [5, 5.41) is 8.95. The van der Waals surface area contributed by atoms with Gasteiger partial charge in [0, 0.05) is 67.3 Å². The highest BCUT2D eigenvalue weighted by molar-refractivity contribution is 6.17. The highest BCUT2D eigenvalue weighted by Gasteiger charge is 2.18. The number of hydrogen-bond acceptors (Lipinski definition) is 4. The van der Waals surface area contributed by atoms with Gasteiger partial charge in [-0.3, -0.25) is 0 Å². The topological polar surface area (TPSA) is 46.8 Å². The van der Waals surface area contributed by atoms with Crippen LogP contribution in [-0.4, -0.2) is 9.38 Å². The zero-order valence-corrected chi connectivity index (χ0v) is 26.7. The van der Waals surface area contributed by atoms with E-state index in [-0.39, 0.29) is 0 Å². The van der Waals surface area contributed by atoms with Gasteiger partial charge in [0.15, 0.2) is 0 Å². The van der Waals surface area contributed by atoms with Gasteiger partial charge < -0.3 is 18.1 Å². The summed E-state index contributed by atoms with van der Waals surface area (Å²) < 4.78 is 14.8. The summed E-state index contributed by atoms with van der Waals surface area (Å²) in [5.41, 5.74) is 9.73. The lowest BCUT2D eigenvalue weighted by Gasteiger charge is -2.26. The molecule has 234 valence electrons. The molecule has 0 atom stereocenters. The predicted octanol–water partition coefficient (Wildman–Crippen LogP) is 12.6. The van der Waals surface area contributed by atoms with Crippen molar-refractivity contribution in [2.45, 2.75) is 0 Å². The second-order valence-electron chi connectivity index (χ2n) is 12.9. The lowest BCUT2D eigenvalue weighted by atomic mass is 10.0. The van der Waals surface area contributed by atoms with Crippen molar-refractivity contribution in [2.24, 2.45) is 0 Å². The number of benzene rings is 7. The summed E-state index contributed by atoms with van der Waals surface area (Å²) in [6.07, 6.45) is 4.10. The van der Waals surface area contributed by atoms with E-state index in [1.54, 1.807) is 0 Å². The summed E-state index contributed by atoms with van der Waals surface area (Å²) in [6, 6.07) is 53.2. The minimum absolute atomic E-state index is 0.904. The number of furan rings is 2. The molecule has 0 amide bonds. The zero-order chi connectivity index (χ0) is 32.8. The molecule has 5 nitrogen and oxygen atoms in total. The molecule has 0 saturated heterocycles. The Hall–Kier alpha value is -6.85. The van der Waals surface area contributed by atoms with Crippen LogP contribution >= 0.6 is 0 Å². The standard InChI is InChI=1S/C45H27N3O2/c1-3-9-41-36(7-1)38-20-14-29-25-32(18-22-34(29)44(38)49-41)48(31-16-12-28(13-17-31)40-27-47-24-6-5-11-43(47)46-40)33-19-23-35-30(26-33)15-21-39-37-8-2-4-10-42(37)50-45(35)39/h1-27H. The molecule has 50 heavy (non-hydrogen) atoms. The fraction of sp³-hybridized carbons (Fsp3) is 0. The molecule has 0 radical (unpaired) electrons. The van der Waals surface area contributed by atoms with Crippen LogP contribution in [0.25, 0.3) is 82.3 Å². The van der Waals surface area contributed by atoms with E-state index in [1.165, 1.54) is 0 Å². The van der Waals surface area contributed by atoms with Crippen molar-refractivity contribution < 1.29 is 8.83 Å². The van der Waals surface area contributed by atoms with E-state index >= 15 is 0 Å². The third-order valence-electron chi connectivity index (χ3n) is 9.99. The van der Waals surface area contributed by atoms with Gasteiger partial charge in [0.05, 0.1) is 5.69 Å². The van der Waals surface area contributed by atoms with Crippen LogP contribution in [0.15, 0.2) is 173 Å². The predicted molar refractivity (Wildman–Crippen MR) is 205 cm³/mol. The Bertz CT molecular complexity index is 2920. The van der Waals surface area contributed by atoms with Gasteiger partial charge in [-0.25, -0.2) is 4.98 Å². The largest absolute Gasteiger partial charge is 0.455 e. The Labute approximate surface area is 285 Å². The van der Waals surface area contributed by atoms with Gasteiger partial charge in [-0.15, -0.1) is 0 Å². The Kier molecular flexibility index (Phi) is 5.60. The fourth-order valence-corrected chi connectivity index (χ4v) is 7.58. The SMILES string of the molecule is c1ccc2c(c1)oc1c3ccc(N(c4ccc(-c5cn6ccccc6n5)cc4)c4ccc5c(ccc6c7ccccc7oc56)c4)cc3ccc21. The molecular weight excluding hydrogens is 615 g/mol. The molecule has 0 unspecified atom stereocenters. The van der Waals surface area contributed by atoms with E-state index in [0.717, 1.165) is 99.4 Å². The highest BCUT2D eigenvalue weighted by atomic mass is 16.3. The molecule has 0 fully saturated rings. The normalized spacial score (nSPS) is 12.0. The number of pyridine rings is 1. The van der Waals surface area contributed by atoms with E-state index in [9.17, 15) is 0 Å². The summed E-state index contributed by atoms with van der Waals surface area (Å²) in [4.78, 5) is 7.17. The van der Waals surface area contributed by atoms with Crippen LogP contribution in [0.4, 0.5) is 17.1 Å². The van der Waals surface area contributed by atoms with E-state index in [2.05, 4.69) is 125 Å². The molecule has 11 rings (SSSR count). The molecule has 0 aliphatic rings. The number of hydrogen-bond donors (Lipinski definition) is 0. The van der Waals surface area contributed by atoms with Crippen LogP contribution in [0, 0.1) is 0 Å². The van der Waals surface area contributed by atoms with Crippen LogP contribution in [0.3, 0.4) is 0 Å². The van der Waals surface area contributed by atoms with E-state index in [1.807, 2.05) is 48.7 Å². The molecule has 11 aromatic rings. The lowest BCUT2D eigenvalue weighted by molar-refractivity contribution is 0.672. The van der Waals surface area contributed by atoms with Gasteiger partial charge in [0.2, 0.25) is 0 Å². The Morgan fingerprint density at radius 1 is 0.460 bits per heavy atom. The number of anilines is 3. The van der Waals surface area contributed by atoms with Crippen LogP contribution in [0.1, 0.15) is 0 Å². The maximum absolute atomic E-state index is 6.39. The fourth-order valence-electron chi connectivity index (χ4n) is 7.58. The van der Waals surface area contributed by atoms with Crippen LogP contribution in [0.5, 0.6) is 0 Å². The molecule has 0 N–H and O–H groups in total. The van der Waals surface area contributed by atoms with Crippen molar-refractivity contribution in [3.05, 3.63) is 164 Å². The van der Waals surface area contributed by atoms with Crippen molar-refractivity contribution in [2.75, 3.05) is 4.90 Å². The van der Waals surface area contributed by atoms with Crippen molar-refractivity contribution in [3.63, 3.8) is 0 Å². The second-order valence-corrected chi connectivity index (χ2v) is 12.9. The second kappa shape index (κ2) is 10.3. The van der Waals surface area contributed by atoms with Crippen LogP contribution in [0.2, 0.25) is 0 Å². The third-order valence-corrected chi connectivity index (χ3v) is 9.99. The van der Waals surface area contributed by atoms with E-state index < -0.39 is 0 Å². The highest BCUT2D eigenvalue weighted by Crippen LogP contribution is 2.42. The number of rotatable bonds is 4. The van der Waals surface area contributed by atoms with Gasteiger partial charge in [-0.05, 0) is 95.7 Å². The molecule has 4 aromatic heterocycles. The maximum Gasteiger partial charge on any atom is 0.143 e. The molecular formula is C45H27N3O2. The van der Waals surface area contributed by atoms with Crippen molar-refractivity contribution in [3.8, 4) is 11.3 Å². The smallest absolute Gasteiger partial charge is 0.143 e. The first-order valence-electron chi connectivity index (χ1n) is 16.8. The first-order valence-corrected chi connectivity index (χ1v) is 16.8. The Morgan fingerprint density at radius 2 is 1.00 bits per heavy atom. The van der Waals surface area contributed by atoms with Crippen molar-refractivity contribution in [1.82, 2.24) is 9.38 Å². The number of nitrogens with zero attached hydrogens (tertiary/aromatic N) is 3. The first-order chi connectivity index (χ1) is 24.7. The summed E-state index contributed by atoms with van der Waals surface area (Å²) in [6.45, 7) is 0. The number of imidazole rings is 1. The third kappa shape index (κ3) is 4.04. The van der Waals surface area contributed by atoms with Gasteiger partial charge in [0.25, 0.3) is 0 Å². The van der Waals surface area contributed by atoms with Gasteiger partial charge in [0.1, 0.15) is 28.0 Å². The van der Waals surface area contributed by atoms with E-state index in [4.69, 9.17) is 13.8 Å². The molecule has 7 aromatic carbocycles. The molecule has 4 heterocycles. The average molecular weight is 642 g/mol.